The molecule has 0 bridgehead atoms. The molecule has 1 unspecified atom stereocenters. The molecule has 0 aliphatic carbocycles. The van der Waals surface area contributed by atoms with Gasteiger partial charge in [0, 0.05) is 30.6 Å². The summed E-state index contributed by atoms with van der Waals surface area (Å²) in [5.74, 6) is 3.31. The maximum absolute atomic E-state index is 3.61. The zero-order valence-electron chi connectivity index (χ0n) is 11.3. The fraction of sp³-hybridized carbons (Fsp3) is 1.00. The molecule has 0 aromatic heterocycles. The Labute approximate surface area is 105 Å². The van der Waals surface area contributed by atoms with Crippen LogP contribution in [-0.2, 0) is 0 Å². The molecule has 0 saturated carbocycles. The molecule has 1 atom stereocenters. The number of nitrogens with one attached hydrogen (secondary N) is 2. The third-order valence-corrected chi connectivity index (χ3v) is 4.94. The van der Waals surface area contributed by atoms with E-state index in [1.165, 1.54) is 24.5 Å². The normalized spacial score (nSPS) is 22.7. The minimum absolute atomic E-state index is 0.411. The van der Waals surface area contributed by atoms with E-state index in [4.69, 9.17) is 0 Å². The monoisotopic (exact) mass is 244 g/mol. The van der Waals surface area contributed by atoms with Crippen molar-refractivity contribution in [3.05, 3.63) is 0 Å². The fourth-order valence-electron chi connectivity index (χ4n) is 1.70. The van der Waals surface area contributed by atoms with Crippen molar-refractivity contribution in [2.45, 2.75) is 40.2 Å². The van der Waals surface area contributed by atoms with Gasteiger partial charge in [0.05, 0.1) is 0 Å². The van der Waals surface area contributed by atoms with Crippen LogP contribution in [0.2, 0.25) is 0 Å². The summed E-state index contributed by atoms with van der Waals surface area (Å²) in [7, 11) is 0. The van der Waals surface area contributed by atoms with Gasteiger partial charge >= 0.3 is 0 Å². The van der Waals surface area contributed by atoms with Crippen molar-refractivity contribution in [3.8, 4) is 0 Å². The van der Waals surface area contributed by atoms with E-state index < -0.39 is 0 Å². The van der Waals surface area contributed by atoms with E-state index in [1.807, 2.05) is 0 Å². The van der Waals surface area contributed by atoms with Crippen LogP contribution in [0.5, 0.6) is 0 Å². The number of hydrogen-bond donors (Lipinski definition) is 2. The third kappa shape index (κ3) is 5.07. The number of rotatable bonds is 6. The predicted molar refractivity (Wildman–Crippen MR) is 75.2 cm³/mol. The van der Waals surface area contributed by atoms with E-state index in [-0.39, 0.29) is 0 Å². The van der Waals surface area contributed by atoms with Crippen LogP contribution in [0.4, 0.5) is 0 Å². The van der Waals surface area contributed by atoms with Gasteiger partial charge in [-0.1, -0.05) is 27.7 Å². The highest BCUT2D eigenvalue weighted by Gasteiger charge is 2.21. The summed E-state index contributed by atoms with van der Waals surface area (Å²) >= 11 is 2.08. The Hall–Kier alpha value is 0.270. The van der Waals surface area contributed by atoms with Gasteiger partial charge < -0.3 is 10.6 Å². The molecule has 0 radical (unpaired) electrons. The minimum atomic E-state index is 0.411. The summed E-state index contributed by atoms with van der Waals surface area (Å²) in [5, 5.41) is 7.18. The summed E-state index contributed by atoms with van der Waals surface area (Å²) in [6.07, 6.45) is 1.27. The second-order valence-electron chi connectivity index (χ2n) is 5.83. The van der Waals surface area contributed by atoms with Crippen LogP contribution in [-0.4, -0.2) is 37.2 Å². The van der Waals surface area contributed by atoms with Gasteiger partial charge in [0.1, 0.15) is 0 Å². The van der Waals surface area contributed by atoms with Crippen LogP contribution in [0.15, 0.2) is 0 Å². The Morgan fingerprint density at radius 3 is 2.75 bits per heavy atom. The van der Waals surface area contributed by atoms with Crippen molar-refractivity contribution in [1.29, 1.82) is 0 Å². The molecule has 1 saturated heterocycles. The van der Waals surface area contributed by atoms with Crippen LogP contribution in [0.1, 0.15) is 34.1 Å². The van der Waals surface area contributed by atoms with Gasteiger partial charge in [-0.25, -0.2) is 0 Å². The smallest absolute Gasteiger partial charge is 0.0170 e. The average molecular weight is 244 g/mol. The summed E-state index contributed by atoms with van der Waals surface area (Å²) < 4.78 is 0. The van der Waals surface area contributed by atoms with Crippen molar-refractivity contribution < 1.29 is 0 Å². The number of thioether (sulfide) groups is 1. The van der Waals surface area contributed by atoms with Crippen LogP contribution in [0.3, 0.4) is 0 Å². The Kier molecular flexibility index (Phi) is 6.16. The van der Waals surface area contributed by atoms with E-state index in [0.29, 0.717) is 5.41 Å². The second kappa shape index (κ2) is 6.87. The molecule has 0 amide bonds. The van der Waals surface area contributed by atoms with Crippen molar-refractivity contribution >= 4 is 11.8 Å². The van der Waals surface area contributed by atoms with Crippen molar-refractivity contribution in [2.75, 3.05) is 31.1 Å². The van der Waals surface area contributed by atoms with E-state index in [1.54, 1.807) is 0 Å². The zero-order chi connectivity index (χ0) is 12.0. The van der Waals surface area contributed by atoms with Gasteiger partial charge in [-0.3, -0.25) is 0 Å². The highest BCUT2D eigenvalue weighted by molar-refractivity contribution is 7.99. The van der Waals surface area contributed by atoms with Gasteiger partial charge in [0.25, 0.3) is 0 Å². The lowest BCUT2D eigenvalue weighted by molar-refractivity contribution is 0.237. The molecular formula is C13H28N2S. The molecule has 16 heavy (non-hydrogen) atoms. The van der Waals surface area contributed by atoms with Gasteiger partial charge in [0.15, 0.2) is 0 Å². The van der Waals surface area contributed by atoms with Gasteiger partial charge in [-0.15, -0.1) is 0 Å². The van der Waals surface area contributed by atoms with Crippen LogP contribution in [0, 0.1) is 11.3 Å². The summed E-state index contributed by atoms with van der Waals surface area (Å²) in [4.78, 5) is 0. The minimum Gasteiger partial charge on any atom is -0.316 e. The van der Waals surface area contributed by atoms with E-state index in [9.17, 15) is 0 Å². The lowest BCUT2D eigenvalue weighted by Gasteiger charge is -2.30. The first-order chi connectivity index (χ1) is 7.52. The second-order valence-corrected chi connectivity index (χ2v) is 6.98. The molecule has 1 aliphatic heterocycles. The maximum Gasteiger partial charge on any atom is 0.0170 e. The Balaban J connectivity index is 2.06. The molecule has 3 heteroatoms. The Morgan fingerprint density at radius 2 is 2.19 bits per heavy atom. The first-order valence-corrected chi connectivity index (χ1v) is 7.69. The molecule has 1 fully saturated rings. The predicted octanol–water partition coefficient (Wildman–Crippen LogP) is 2.35. The van der Waals surface area contributed by atoms with Crippen molar-refractivity contribution in [2.24, 2.45) is 11.3 Å². The van der Waals surface area contributed by atoms with Crippen molar-refractivity contribution in [3.63, 3.8) is 0 Å². The van der Waals surface area contributed by atoms with Crippen LogP contribution in [0.25, 0.3) is 0 Å². The topological polar surface area (TPSA) is 24.1 Å². The molecule has 0 aromatic rings. The number of hydrogen-bond acceptors (Lipinski definition) is 3. The molecule has 2 N–H and O–H groups in total. The molecule has 1 aliphatic rings. The maximum atomic E-state index is 3.61. The molecule has 96 valence electrons. The van der Waals surface area contributed by atoms with Gasteiger partial charge in [-0.05, 0) is 24.3 Å². The molecular weight excluding hydrogens is 216 g/mol. The SMILES string of the molecule is CC(C)C(C)(C)CNCCC1CSCCN1. The van der Waals surface area contributed by atoms with E-state index in [2.05, 4.69) is 50.1 Å². The molecule has 0 aromatic carbocycles. The van der Waals surface area contributed by atoms with Gasteiger partial charge in [-0.2, -0.15) is 11.8 Å². The lowest BCUT2D eigenvalue weighted by atomic mass is 9.81. The van der Waals surface area contributed by atoms with Gasteiger partial charge in [0.2, 0.25) is 0 Å². The fourth-order valence-corrected chi connectivity index (χ4v) is 2.69. The molecule has 1 rings (SSSR count). The van der Waals surface area contributed by atoms with Crippen LogP contribution >= 0.6 is 11.8 Å². The highest BCUT2D eigenvalue weighted by atomic mass is 32.2. The molecule has 2 nitrogen and oxygen atoms in total. The van der Waals surface area contributed by atoms with Crippen LogP contribution < -0.4 is 10.6 Å². The first-order valence-electron chi connectivity index (χ1n) is 6.54. The van der Waals surface area contributed by atoms with E-state index in [0.717, 1.165) is 25.0 Å². The highest BCUT2D eigenvalue weighted by Crippen LogP contribution is 2.24. The largest absolute Gasteiger partial charge is 0.316 e. The van der Waals surface area contributed by atoms with Crippen molar-refractivity contribution in [1.82, 2.24) is 10.6 Å². The third-order valence-electron chi connectivity index (χ3n) is 3.81. The summed E-state index contributed by atoms with van der Waals surface area (Å²) in [5.41, 5.74) is 0.411. The summed E-state index contributed by atoms with van der Waals surface area (Å²) in [6.45, 7) is 12.8. The Bertz CT molecular complexity index is 186. The van der Waals surface area contributed by atoms with E-state index >= 15 is 0 Å². The lowest BCUT2D eigenvalue weighted by Crippen LogP contribution is -2.41. The Morgan fingerprint density at radius 1 is 1.44 bits per heavy atom. The molecule has 1 heterocycles. The molecule has 0 spiro atoms. The standard InChI is InChI=1S/C13H28N2S/c1-11(2)13(3,4)10-14-6-5-12-9-16-8-7-15-12/h11-12,14-15H,5-10H2,1-4H3. The quantitative estimate of drug-likeness (QED) is 0.701. The summed E-state index contributed by atoms with van der Waals surface area (Å²) in [6, 6.07) is 0.730. The first kappa shape index (κ1) is 14.3. The zero-order valence-corrected chi connectivity index (χ0v) is 12.1. The average Bonchev–Trinajstić information content (AvgIpc) is 2.26.